The van der Waals surface area contributed by atoms with E-state index in [-0.39, 0.29) is 18.3 Å². The molecule has 0 amide bonds. The number of amidine groups is 1. The van der Waals surface area contributed by atoms with E-state index in [0.717, 1.165) is 11.3 Å². The van der Waals surface area contributed by atoms with Crippen LogP contribution < -0.4 is 5.73 Å². The molecule has 108 valence electrons. The Hall–Kier alpha value is -1.12. The van der Waals surface area contributed by atoms with Crippen LogP contribution in [-0.2, 0) is 16.4 Å². The van der Waals surface area contributed by atoms with Gasteiger partial charge in [0.2, 0.25) is 0 Å². The van der Waals surface area contributed by atoms with Gasteiger partial charge in [-0.1, -0.05) is 12.1 Å². The predicted molar refractivity (Wildman–Crippen MR) is 76.1 cm³/mol. The lowest BCUT2D eigenvalue weighted by Gasteiger charge is -2.23. The van der Waals surface area contributed by atoms with Crippen LogP contribution in [0.5, 0.6) is 0 Å². The summed E-state index contributed by atoms with van der Waals surface area (Å²) in [5, 5.41) is 11.4. The van der Waals surface area contributed by atoms with Crippen LogP contribution in [0.25, 0.3) is 0 Å². The van der Waals surface area contributed by atoms with Gasteiger partial charge in [-0.25, -0.2) is 8.42 Å². The van der Waals surface area contributed by atoms with E-state index in [1.54, 1.807) is 13.0 Å². The Balaban J connectivity index is 2.93. The number of thiophene rings is 1. The third-order valence-electron chi connectivity index (χ3n) is 2.87. The molecule has 1 rings (SSSR count). The molecule has 0 aliphatic carbocycles. The Morgan fingerprint density at radius 1 is 1.58 bits per heavy atom. The molecule has 1 aromatic rings. The monoisotopic (exact) mass is 305 g/mol. The molecular weight excluding hydrogens is 286 g/mol. The molecule has 1 heterocycles. The number of nitrogens with zero attached hydrogens (tertiary/aromatic N) is 2. The molecule has 0 bridgehead atoms. The topological polar surface area (TPSA) is 96.0 Å². The lowest BCUT2D eigenvalue weighted by Crippen LogP contribution is -2.37. The van der Waals surface area contributed by atoms with Gasteiger partial charge in [-0.3, -0.25) is 0 Å². The first kappa shape index (κ1) is 15.9. The molecule has 3 N–H and O–H groups in total. The lowest BCUT2D eigenvalue weighted by molar-refractivity contribution is 0.313. The van der Waals surface area contributed by atoms with Crippen molar-refractivity contribution in [2.75, 3.05) is 7.05 Å². The summed E-state index contributed by atoms with van der Waals surface area (Å²) in [6, 6.07) is 3.05. The van der Waals surface area contributed by atoms with Gasteiger partial charge in [0, 0.05) is 24.4 Å². The summed E-state index contributed by atoms with van der Waals surface area (Å²) in [6.45, 7) is 3.69. The summed E-state index contributed by atoms with van der Waals surface area (Å²) in [5.41, 5.74) is 5.40. The second-order valence-corrected chi connectivity index (χ2v) is 7.63. The van der Waals surface area contributed by atoms with Crippen molar-refractivity contribution in [1.82, 2.24) is 4.31 Å². The second kappa shape index (κ2) is 6.36. The minimum atomic E-state index is -3.52. The van der Waals surface area contributed by atoms with E-state index >= 15 is 0 Å². The highest BCUT2D eigenvalue weighted by Gasteiger charge is 2.27. The zero-order chi connectivity index (χ0) is 14.6. The Bertz CT molecular complexity index is 551. The Labute approximate surface area is 117 Å². The maximum atomic E-state index is 12.4. The minimum absolute atomic E-state index is 0.00924. The van der Waals surface area contributed by atoms with Crippen molar-refractivity contribution >= 4 is 27.2 Å². The molecule has 0 aromatic carbocycles. The van der Waals surface area contributed by atoms with Crippen molar-refractivity contribution < 1.29 is 13.6 Å². The molecule has 0 radical (unpaired) electrons. The van der Waals surface area contributed by atoms with Gasteiger partial charge in [-0.05, 0) is 25.5 Å². The molecule has 0 spiro atoms. The third kappa shape index (κ3) is 3.68. The van der Waals surface area contributed by atoms with Crippen LogP contribution in [-0.4, -0.2) is 36.9 Å². The number of oxime groups is 1. The van der Waals surface area contributed by atoms with Crippen LogP contribution >= 0.6 is 11.3 Å². The van der Waals surface area contributed by atoms with Crippen LogP contribution in [0.2, 0.25) is 0 Å². The summed E-state index contributed by atoms with van der Waals surface area (Å²) >= 11 is 1.27. The van der Waals surface area contributed by atoms with E-state index in [0.29, 0.717) is 4.21 Å². The van der Waals surface area contributed by atoms with Crippen molar-refractivity contribution in [3.63, 3.8) is 0 Å². The Kier molecular flexibility index (Phi) is 5.33. The molecule has 0 aliphatic heterocycles. The minimum Gasteiger partial charge on any atom is -0.409 e. The van der Waals surface area contributed by atoms with Crippen molar-refractivity contribution in [3.05, 3.63) is 17.0 Å². The molecule has 1 aromatic heterocycles. The molecule has 1 atom stereocenters. The van der Waals surface area contributed by atoms with Crippen molar-refractivity contribution in [2.45, 2.75) is 36.9 Å². The zero-order valence-electron chi connectivity index (χ0n) is 11.2. The summed E-state index contributed by atoms with van der Waals surface area (Å²) in [5.74, 6) is 0.00924. The smallest absolute Gasteiger partial charge is 0.252 e. The van der Waals surface area contributed by atoms with E-state index in [9.17, 15) is 8.42 Å². The van der Waals surface area contributed by atoms with E-state index < -0.39 is 10.0 Å². The molecule has 0 saturated heterocycles. The van der Waals surface area contributed by atoms with Crippen LogP contribution in [0.15, 0.2) is 21.5 Å². The van der Waals surface area contributed by atoms with Gasteiger partial charge in [0.1, 0.15) is 10.0 Å². The average molecular weight is 305 g/mol. The van der Waals surface area contributed by atoms with Gasteiger partial charge >= 0.3 is 0 Å². The van der Waals surface area contributed by atoms with E-state index in [1.807, 2.05) is 13.0 Å². The number of nitrogens with two attached hydrogens (primary N) is 1. The van der Waals surface area contributed by atoms with Gasteiger partial charge in [-0.15, -0.1) is 11.3 Å². The maximum Gasteiger partial charge on any atom is 0.252 e. The number of hydrogen-bond donors (Lipinski definition) is 2. The van der Waals surface area contributed by atoms with Gasteiger partial charge in [0.15, 0.2) is 0 Å². The van der Waals surface area contributed by atoms with Crippen LogP contribution in [0, 0.1) is 0 Å². The maximum absolute atomic E-state index is 12.4. The fourth-order valence-electron chi connectivity index (χ4n) is 1.54. The van der Waals surface area contributed by atoms with Gasteiger partial charge in [0.25, 0.3) is 10.0 Å². The standard InChI is InChI=1S/C11H19N3O3S2/c1-4-9-5-6-11(18-9)19(16,17)14(3)8(2)7-10(12)13-15/h5-6,8,15H,4,7H2,1-3H3,(H2,12,13). The summed E-state index contributed by atoms with van der Waals surface area (Å²) < 4.78 is 26.3. The highest BCUT2D eigenvalue weighted by molar-refractivity contribution is 7.91. The van der Waals surface area contributed by atoms with E-state index in [2.05, 4.69) is 5.16 Å². The number of hydrogen-bond acceptors (Lipinski definition) is 5. The zero-order valence-corrected chi connectivity index (χ0v) is 12.8. The number of rotatable bonds is 6. The molecule has 6 nitrogen and oxygen atoms in total. The summed E-state index contributed by atoms with van der Waals surface area (Å²) in [6.07, 6.45) is 0.988. The van der Waals surface area contributed by atoms with E-state index in [4.69, 9.17) is 10.9 Å². The summed E-state index contributed by atoms with van der Waals surface area (Å²) in [7, 11) is -2.03. The van der Waals surface area contributed by atoms with Crippen LogP contribution in [0.1, 0.15) is 25.1 Å². The highest BCUT2D eigenvalue weighted by Crippen LogP contribution is 2.26. The third-order valence-corrected chi connectivity index (χ3v) is 6.54. The molecule has 0 saturated carbocycles. The van der Waals surface area contributed by atoms with Crippen LogP contribution in [0.4, 0.5) is 0 Å². The first-order valence-corrected chi connectivity index (χ1v) is 8.11. The Morgan fingerprint density at radius 3 is 2.68 bits per heavy atom. The fraction of sp³-hybridized carbons (Fsp3) is 0.545. The molecule has 19 heavy (non-hydrogen) atoms. The van der Waals surface area contributed by atoms with Crippen LogP contribution in [0.3, 0.4) is 0 Å². The molecule has 0 fully saturated rings. The largest absolute Gasteiger partial charge is 0.409 e. The first-order chi connectivity index (χ1) is 8.82. The predicted octanol–water partition coefficient (Wildman–Crippen LogP) is 1.46. The number of aryl methyl sites for hydroxylation is 1. The molecule has 8 heteroatoms. The molecule has 0 aliphatic rings. The Morgan fingerprint density at radius 2 is 2.21 bits per heavy atom. The summed E-state index contributed by atoms with van der Waals surface area (Å²) in [4.78, 5) is 1.02. The fourth-order valence-corrected chi connectivity index (χ4v) is 4.38. The molecular formula is C11H19N3O3S2. The van der Waals surface area contributed by atoms with Crippen molar-refractivity contribution in [2.24, 2.45) is 10.9 Å². The SMILES string of the molecule is CCc1ccc(S(=O)(=O)N(C)C(C)CC(N)=NO)s1. The van der Waals surface area contributed by atoms with Gasteiger partial charge < -0.3 is 10.9 Å². The average Bonchev–Trinajstić information content (AvgIpc) is 2.86. The first-order valence-electron chi connectivity index (χ1n) is 5.86. The second-order valence-electron chi connectivity index (χ2n) is 4.24. The quantitative estimate of drug-likeness (QED) is 0.360. The van der Waals surface area contributed by atoms with Gasteiger partial charge in [-0.2, -0.15) is 4.31 Å². The van der Waals surface area contributed by atoms with E-state index in [1.165, 1.54) is 22.7 Å². The van der Waals surface area contributed by atoms with Crippen molar-refractivity contribution in [1.29, 1.82) is 0 Å². The highest BCUT2D eigenvalue weighted by atomic mass is 32.2. The van der Waals surface area contributed by atoms with Gasteiger partial charge in [0.05, 0.1) is 0 Å². The lowest BCUT2D eigenvalue weighted by atomic mass is 10.2. The normalized spacial score (nSPS) is 14.8. The molecule has 1 unspecified atom stereocenters. The number of sulfonamides is 1. The van der Waals surface area contributed by atoms with Crippen molar-refractivity contribution in [3.8, 4) is 0 Å².